The molecule has 0 saturated carbocycles. The summed E-state index contributed by atoms with van der Waals surface area (Å²) in [6.07, 6.45) is 0.396. The Hall–Kier alpha value is -2.33. The summed E-state index contributed by atoms with van der Waals surface area (Å²) in [7, 11) is 0. The van der Waals surface area contributed by atoms with Gasteiger partial charge >= 0.3 is 0 Å². The van der Waals surface area contributed by atoms with Crippen molar-refractivity contribution in [2.24, 2.45) is 0 Å². The lowest BCUT2D eigenvalue weighted by molar-refractivity contribution is 0.220. The van der Waals surface area contributed by atoms with Crippen LogP contribution in [-0.2, 0) is 6.42 Å². The summed E-state index contributed by atoms with van der Waals surface area (Å²) in [5, 5.41) is 13.9. The Morgan fingerprint density at radius 3 is 2.04 bits per heavy atom. The van der Waals surface area contributed by atoms with Gasteiger partial charge in [-0.25, -0.2) is 0 Å². The average molecular weight is 398 g/mol. The monoisotopic (exact) mass is 397 g/mol. The molecule has 28 heavy (non-hydrogen) atoms. The van der Waals surface area contributed by atoms with Crippen LogP contribution in [0.15, 0.2) is 84.9 Å². The van der Waals surface area contributed by atoms with E-state index in [1.165, 1.54) is 5.56 Å². The molecule has 0 amide bonds. The van der Waals surface area contributed by atoms with Gasteiger partial charge in [0.2, 0.25) is 0 Å². The molecule has 0 aliphatic heterocycles. The highest BCUT2D eigenvalue weighted by Gasteiger charge is 2.09. The topological polar surface area (TPSA) is 41.5 Å². The third-order valence-corrected chi connectivity index (χ3v) is 4.56. The van der Waals surface area contributed by atoms with Gasteiger partial charge in [-0.1, -0.05) is 72.8 Å². The minimum Gasteiger partial charge on any atom is -0.492 e. The van der Waals surface area contributed by atoms with E-state index in [0.29, 0.717) is 12.6 Å². The van der Waals surface area contributed by atoms with Crippen LogP contribution in [0.5, 0.6) is 5.75 Å². The Labute approximate surface area is 173 Å². The zero-order chi connectivity index (χ0) is 18.9. The molecule has 0 bridgehead atoms. The van der Waals surface area contributed by atoms with Crippen LogP contribution in [0.4, 0.5) is 0 Å². The number of hydrogen-bond acceptors (Lipinski definition) is 3. The van der Waals surface area contributed by atoms with Gasteiger partial charge in [0.15, 0.2) is 0 Å². The summed E-state index contributed by atoms with van der Waals surface area (Å²) >= 11 is 0. The third-order valence-electron chi connectivity index (χ3n) is 4.56. The Bertz CT molecular complexity index is 794. The van der Waals surface area contributed by atoms with Crippen LogP contribution in [0.25, 0.3) is 0 Å². The van der Waals surface area contributed by atoms with Crippen LogP contribution in [-0.4, -0.2) is 24.3 Å². The second kappa shape index (κ2) is 11.5. The van der Waals surface area contributed by atoms with Crippen molar-refractivity contribution in [3.05, 3.63) is 102 Å². The molecule has 0 aliphatic rings. The summed E-state index contributed by atoms with van der Waals surface area (Å²) in [5.41, 5.74) is 3.09. The predicted molar refractivity (Wildman–Crippen MR) is 117 cm³/mol. The molecule has 0 aromatic heterocycles. The Morgan fingerprint density at radius 2 is 1.39 bits per heavy atom. The molecule has 3 aromatic rings. The number of hydrogen-bond donors (Lipinski definition) is 2. The summed E-state index contributed by atoms with van der Waals surface area (Å²) in [6, 6.07) is 28.2. The lowest BCUT2D eigenvalue weighted by atomic mass is 10.0. The SMILES string of the molecule is CC(Cc1ccccc1)NCCOc1ccc(C(O)c2ccccc2)cc1.Cl. The Morgan fingerprint density at radius 1 is 0.821 bits per heavy atom. The fraction of sp³-hybridized carbons (Fsp3) is 0.250. The van der Waals surface area contributed by atoms with Crippen LogP contribution >= 0.6 is 12.4 Å². The smallest absolute Gasteiger partial charge is 0.119 e. The number of aliphatic hydroxyl groups excluding tert-OH is 1. The highest BCUT2D eigenvalue weighted by atomic mass is 35.5. The van der Waals surface area contributed by atoms with Crippen molar-refractivity contribution in [1.82, 2.24) is 5.32 Å². The van der Waals surface area contributed by atoms with E-state index in [4.69, 9.17) is 4.74 Å². The minimum atomic E-state index is -0.610. The van der Waals surface area contributed by atoms with Crippen LogP contribution in [0.2, 0.25) is 0 Å². The maximum atomic E-state index is 10.4. The molecule has 3 nitrogen and oxygen atoms in total. The molecule has 0 aliphatic carbocycles. The molecular formula is C24H28ClNO2. The fourth-order valence-corrected chi connectivity index (χ4v) is 3.09. The summed E-state index contributed by atoms with van der Waals surface area (Å²) in [4.78, 5) is 0. The second-order valence-electron chi connectivity index (χ2n) is 6.78. The largest absolute Gasteiger partial charge is 0.492 e. The zero-order valence-electron chi connectivity index (χ0n) is 16.1. The maximum absolute atomic E-state index is 10.4. The summed E-state index contributed by atoms with van der Waals surface area (Å²) in [5.74, 6) is 0.816. The molecule has 2 unspecified atom stereocenters. The van der Waals surface area contributed by atoms with Crippen molar-refractivity contribution in [3.8, 4) is 5.75 Å². The lowest BCUT2D eigenvalue weighted by Crippen LogP contribution is -2.31. The van der Waals surface area contributed by atoms with Crippen molar-refractivity contribution >= 4 is 12.4 Å². The number of halogens is 1. The predicted octanol–water partition coefficient (Wildman–Crippen LogP) is 4.79. The van der Waals surface area contributed by atoms with E-state index in [9.17, 15) is 5.11 Å². The number of benzene rings is 3. The van der Waals surface area contributed by atoms with E-state index in [1.807, 2.05) is 60.7 Å². The minimum absolute atomic E-state index is 0. The standard InChI is InChI=1S/C24H27NO2.ClH/c1-19(18-20-8-4-2-5-9-20)25-16-17-27-23-14-12-22(13-15-23)24(26)21-10-6-3-7-11-21;/h2-15,19,24-26H,16-18H2,1H3;1H. The molecular weight excluding hydrogens is 370 g/mol. The Balaban J connectivity index is 0.00000280. The van der Waals surface area contributed by atoms with Crippen LogP contribution in [0.3, 0.4) is 0 Å². The Kier molecular flexibility index (Phi) is 9.02. The zero-order valence-corrected chi connectivity index (χ0v) is 16.9. The first-order valence-electron chi connectivity index (χ1n) is 9.45. The molecule has 4 heteroatoms. The normalized spacial score (nSPS) is 12.6. The first kappa shape index (κ1) is 22.0. The summed E-state index contributed by atoms with van der Waals surface area (Å²) < 4.78 is 5.80. The van der Waals surface area contributed by atoms with Gasteiger partial charge in [-0.3, -0.25) is 0 Å². The van der Waals surface area contributed by atoms with E-state index >= 15 is 0 Å². The highest BCUT2D eigenvalue weighted by molar-refractivity contribution is 5.85. The van der Waals surface area contributed by atoms with E-state index in [0.717, 1.165) is 29.8 Å². The number of ether oxygens (including phenoxy) is 1. The molecule has 0 fully saturated rings. The van der Waals surface area contributed by atoms with Gasteiger partial charge in [-0.15, -0.1) is 12.4 Å². The molecule has 2 N–H and O–H groups in total. The van der Waals surface area contributed by atoms with Gasteiger partial charge in [0, 0.05) is 12.6 Å². The van der Waals surface area contributed by atoms with Crippen LogP contribution in [0.1, 0.15) is 29.7 Å². The van der Waals surface area contributed by atoms with E-state index in [1.54, 1.807) is 0 Å². The van der Waals surface area contributed by atoms with Crippen LogP contribution in [0, 0.1) is 0 Å². The van der Waals surface area contributed by atoms with E-state index < -0.39 is 6.10 Å². The first-order valence-corrected chi connectivity index (χ1v) is 9.45. The van der Waals surface area contributed by atoms with Crippen molar-refractivity contribution < 1.29 is 9.84 Å². The molecule has 3 rings (SSSR count). The fourth-order valence-electron chi connectivity index (χ4n) is 3.09. The van der Waals surface area contributed by atoms with Crippen molar-refractivity contribution in [2.45, 2.75) is 25.5 Å². The van der Waals surface area contributed by atoms with Crippen molar-refractivity contribution in [1.29, 1.82) is 0 Å². The van der Waals surface area contributed by atoms with E-state index in [2.05, 4.69) is 36.5 Å². The van der Waals surface area contributed by atoms with Gasteiger partial charge in [0.05, 0.1) is 0 Å². The number of aliphatic hydroxyl groups is 1. The number of nitrogens with one attached hydrogen (secondary N) is 1. The number of rotatable bonds is 9. The van der Waals surface area contributed by atoms with E-state index in [-0.39, 0.29) is 12.4 Å². The van der Waals surface area contributed by atoms with Crippen molar-refractivity contribution in [3.63, 3.8) is 0 Å². The molecule has 3 aromatic carbocycles. The van der Waals surface area contributed by atoms with Gasteiger partial charge in [-0.2, -0.15) is 0 Å². The quantitative estimate of drug-likeness (QED) is 0.510. The highest BCUT2D eigenvalue weighted by Crippen LogP contribution is 2.23. The molecule has 0 saturated heterocycles. The molecule has 0 heterocycles. The molecule has 148 valence electrons. The lowest BCUT2D eigenvalue weighted by Gasteiger charge is -2.15. The summed E-state index contributed by atoms with van der Waals surface area (Å²) in [6.45, 7) is 3.59. The first-order chi connectivity index (χ1) is 13.2. The average Bonchev–Trinajstić information content (AvgIpc) is 2.72. The van der Waals surface area contributed by atoms with Gasteiger partial charge in [0.25, 0.3) is 0 Å². The molecule has 0 radical (unpaired) electrons. The van der Waals surface area contributed by atoms with Crippen LogP contribution < -0.4 is 10.1 Å². The second-order valence-corrected chi connectivity index (χ2v) is 6.78. The van der Waals surface area contributed by atoms with Crippen molar-refractivity contribution in [2.75, 3.05) is 13.2 Å². The maximum Gasteiger partial charge on any atom is 0.119 e. The van der Waals surface area contributed by atoms with Gasteiger partial charge < -0.3 is 15.2 Å². The third kappa shape index (κ3) is 6.68. The molecule has 2 atom stereocenters. The molecule has 0 spiro atoms. The van der Waals surface area contributed by atoms with Gasteiger partial charge in [0.1, 0.15) is 18.5 Å². The van der Waals surface area contributed by atoms with Gasteiger partial charge in [-0.05, 0) is 42.2 Å².